The fraction of sp³-hybridized carbons (Fsp3) is 0.500. The summed E-state index contributed by atoms with van der Waals surface area (Å²) in [6.07, 6.45) is 3.02. The fourth-order valence-corrected chi connectivity index (χ4v) is 1.82. The Hall–Kier alpha value is -1.62. The first kappa shape index (κ1) is 13.8. The summed E-state index contributed by atoms with van der Waals surface area (Å²) in [7, 11) is 0. The van der Waals surface area contributed by atoms with E-state index in [4.69, 9.17) is 10.5 Å². The van der Waals surface area contributed by atoms with Crippen LogP contribution in [0.3, 0.4) is 0 Å². The van der Waals surface area contributed by atoms with Gasteiger partial charge in [-0.05, 0) is 49.6 Å². The van der Waals surface area contributed by atoms with Gasteiger partial charge in [-0.15, -0.1) is 0 Å². The molecule has 1 aromatic rings. The van der Waals surface area contributed by atoms with Crippen molar-refractivity contribution in [2.45, 2.75) is 31.7 Å². The SMILES string of the molecule is NCCc1cc(F)ccc1OCCC(=O)NC1CC1. The molecule has 2 rings (SSSR count). The van der Waals surface area contributed by atoms with E-state index < -0.39 is 0 Å². The minimum Gasteiger partial charge on any atom is -0.493 e. The molecular weight excluding hydrogens is 247 g/mol. The van der Waals surface area contributed by atoms with Crippen LogP contribution in [0.2, 0.25) is 0 Å². The van der Waals surface area contributed by atoms with Crippen LogP contribution in [0.5, 0.6) is 5.75 Å². The molecule has 19 heavy (non-hydrogen) atoms. The highest BCUT2D eigenvalue weighted by Gasteiger charge is 2.22. The van der Waals surface area contributed by atoms with Crippen LogP contribution < -0.4 is 15.8 Å². The number of amides is 1. The molecule has 0 saturated heterocycles. The number of carbonyl (C=O) groups excluding carboxylic acids is 1. The number of halogens is 1. The quantitative estimate of drug-likeness (QED) is 0.783. The number of hydrogen-bond donors (Lipinski definition) is 2. The highest BCUT2D eigenvalue weighted by atomic mass is 19.1. The summed E-state index contributed by atoms with van der Waals surface area (Å²) < 4.78 is 18.6. The third kappa shape index (κ3) is 4.52. The van der Waals surface area contributed by atoms with Gasteiger partial charge >= 0.3 is 0 Å². The van der Waals surface area contributed by atoms with E-state index in [2.05, 4.69) is 5.32 Å². The molecule has 0 atom stereocenters. The van der Waals surface area contributed by atoms with Crippen molar-refractivity contribution in [2.75, 3.05) is 13.2 Å². The van der Waals surface area contributed by atoms with E-state index in [1.807, 2.05) is 0 Å². The average Bonchev–Trinajstić information content (AvgIpc) is 3.16. The van der Waals surface area contributed by atoms with Gasteiger partial charge in [-0.2, -0.15) is 0 Å². The molecular formula is C14H19FN2O2. The Bertz CT molecular complexity index is 447. The number of ether oxygens (including phenoxy) is 1. The second kappa shape index (κ2) is 6.52. The Kier molecular flexibility index (Phi) is 4.74. The molecule has 0 aromatic heterocycles. The lowest BCUT2D eigenvalue weighted by Gasteiger charge is -2.11. The fourth-order valence-electron chi connectivity index (χ4n) is 1.82. The minimum absolute atomic E-state index is 0.00462. The monoisotopic (exact) mass is 266 g/mol. The smallest absolute Gasteiger partial charge is 0.223 e. The van der Waals surface area contributed by atoms with Crippen LogP contribution in [-0.2, 0) is 11.2 Å². The lowest BCUT2D eigenvalue weighted by Crippen LogP contribution is -2.26. The predicted molar refractivity (Wildman–Crippen MR) is 70.4 cm³/mol. The second-order valence-corrected chi connectivity index (χ2v) is 4.73. The molecule has 1 aromatic carbocycles. The van der Waals surface area contributed by atoms with Crippen LogP contribution >= 0.6 is 0 Å². The zero-order valence-electron chi connectivity index (χ0n) is 10.8. The van der Waals surface area contributed by atoms with Crippen molar-refractivity contribution in [3.63, 3.8) is 0 Å². The zero-order chi connectivity index (χ0) is 13.7. The van der Waals surface area contributed by atoms with Crippen molar-refractivity contribution in [2.24, 2.45) is 5.73 Å². The highest BCUT2D eigenvalue weighted by Crippen LogP contribution is 2.21. The van der Waals surface area contributed by atoms with E-state index in [0.29, 0.717) is 37.8 Å². The summed E-state index contributed by atoms with van der Waals surface area (Å²) >= 11 is 0. The van der Waals surface area contributed by atoms with Gasteiger partial charge in [0, 0.05) is 6.04 Å². The lowest BCUT2D eigenvalue weighted by molar-refractivity contribution is -0.121. The Morgan fingerprint density at radius 1 is 1.47 bits per heavy atom. The Morgan fingerprint density at radius 2 is 2.26 bits per heavy atom. The molecule has 0 heterocycles. The van der Waals surface area contributed by atoms with Gasteiger partial charge in [-0.25, -0.2) is 4.39 Å². The summed E-state index contributed by atoms with van der Waals surface area (Å²) in [6, 6.07) is 4.72. The van der Waals surface area contributed by atoms with Crippen LogP contribution in [0.25, 0.3) is 0 Å². The van der Waals surface area contributed by atoms with Crippen LogP contribution in [0.4, 0.5) is 4.39 Å². The number of nitrogens with two attached hydrogens (primary N) is 1. The molecule has 1 amide bonds. The van der Waals surface area contributed by atoms with Gasteiger partial charge in [-0.1, -0.05) is 0 Å². The molecule has 1 aliphatic rings. The first-order valence-corrected chi connectivity index (χ1v) is 6.59. The highest BCUT2D eigenvalue weighted by molar-refractivity contribution is 5.76. The first-order chi connectivity index (χ1) is 9.19. The van der Waals surface area contributed by atoms with Crippen LogP contribution in [0.1, 0.15) is 24.8 Å². The van der Waals surface area contributed by atoms with Crippen molar-refractivity contribution < 1.29 is 13.9 Å². The van der Waals surface area contributed by atoms with Crippen molar-refractivity contribution in [1.82, 2.24) is 5.32 Å². The van der Waals surface area contributed by atoms with Gasteiger partial charge < -0.3 is 15.8 Å². The van der Waals surface area contributed by atoms with E-state index >= 15 is 0 Å². The van der Waals surface area contributed by atoms with Gasteiger partial charge in [0.05, 0.1) is 13.0 Å². The summed E-state index contributed by atoms with van der Waals surface area (Å²) in [6.45, 7) is 0.726. The largest absolute Gasteiger partial charge is 0.493 e. The van der Waals surface area contributed by atoms with E-state index in [1.54, 1.807) is 6.07 Å². The molecule has 0 unspecified atom stereocenters. The van der Waals surface area contributed by atoms with E-state index in [1.165, 1.54) is 12.1 Å². The Labute approximate surface area is 112 Å². The summed E-state index contributed by atoms with van der Waals surface area (Å²) in [5.74, 6) is 0.304. The zero-order valence-corrected chi connectivity index (χ0v) is 10.8. The molecule has 104 valence electrons. The summed E-state index contributed by atoms with van der Waals surface area (Å²) in [4.78, 5) is 11.5. The van der Waals surface area contributed by atoms with Crippen LogP contribution in [0, 0.1) is 5.82 Å². The van der Waals surface area contributed by atoms with Gasteiger partial charge in [-0.3, -0.25) is 4.79 Å². The van der Waals surface area contributed by atoms with Gasteiger partial charge in [0.2, 0.25) is 5.91 Å². The second-order valence-electron chi connectivity index (χ2n) is 4.73. The van der Waals surface area contributed by atoms with Gasteiger partial charge in [0.25, 0.3) is 0 Å². The first-order valence-electron chi connectivity index (χ1n) is 6.59. The number of nitrogens with one attached hydrogen (secondary N) is 1. The van der Waals surface area contributed by atoms with Crippen molar-refractivity contribution >= 4 is 5.91 Å². The maximum atomic E-state index is 13.1. The topological polar surface area (TPSA) is 64.3 Å². The third-order valence-electron chi connectivity index (χ3n) is 2.97. The van der Waals surface area contributed by atoms with Crippen molar-refractivity contribution in [3.8, 4) is 5.75 Å². The number of carbonyl (C=O) groups is 1. The molecule has 5 heteroatoms. The van der Waals surface area contributed by atoms with Crippen LogP contribution in [0.15, 0.2) is 18.2 Å². The van der Waals surface area contributed by atoms with Gasteiger partial charge in [0.1, 0.15) is 11.6 Å². The van der Waals surface area contributed by atoms with E-state index in [0.717, 1.165) is 18.4 Å². The number of hydrogen-bond acceptors (Lipinski definition) is 3. The van der Waals surface area contributed by atoms with Gasteiger partial charge in [0.15, 0.2) is 0 Å². The molecule has 0 bridgehead atoms. The standard InChI is InChI=1S/C14H19FN2O2/c15-11-1-4-13(10(9-11)5-7-16)19-8-6-14(18)17-12-2-3-12/h1,4,9,12H,2-3,5-8,16H2,(H,17,18). The molecule has 1 fully saturated rings. The summed E-state index contributed by atoms with van der Waals surface area (Å²) in [5.41, 5.74) is 6.22. The third-order valence-corrected chi connectivity index (χ3v) is 2.97. The van der Waals surface area contributed by atoms with Crippen LogP contribution in [-0.4, -0.2) is 25.1 Å². The maximum Gasteiger partial charge on any atom is 0.223 e. The molecule has 0 radical (unpaired) electrons. The average molecular weight is 266 g/mol. The Morgan fingerprint density at radius 3 is 2.95 bits per heavy atom. The minimum atomic E-state index is -0.303. The maximum absolute atomic E-state index is 13.1. The number of rotatable bonds is 7. The number of benzene rings is 1. The molecule has 3 N–H and O–H groups in total. The van der Waals surface area contributed by atoms with E-state index in [9.17, 15) is 9.18 Å². The normalized spacial score (nSPS) is 14.2. The molecule has 1 saturated carbocycles. The molecule has 0 aliphatic heterocycles. The molecule has 4 nitrogen and oxygen atoms in total. The van der Waals surface area contributed by atoms with E-state index in [-0.39, 0.29) is 11.7 Å². The van der Waals surface area contributed by atoms with Crippen molar-refractivity contribution in [3.05, 3.63) is 29.6 Å². The summed E-state index contributed by atoms with van der Waals surface area (Å²) in [5, 5.41) is 2.89. The van der Waals surface area contributed by atoms with Crippen molar-refractivity contribution in [1.29, 1.82) is 0 Å². The molecule has 0 spiro atoms. The predicted octanol–water partition coefficient (Wildman–Crippen LogP) is 1.37. The Balaban J connectivity index is 1.82. The molecule has 1 aliphatic carbocycles. The lowest BCUT2D eigenvalue weighted by atomic mass is 10.1.